The summed E-state index contributed by atoms with van der Waals surface area (Å²) in [5.41, 5.74) is 2.59. The maximum atomic E-state index is 10.9. The Bertz CT molecular complexity index is 665. The van der Waals surface area contributed by atoms with Crippen molar-refractivity contribution in [3.8, 4) is 5.75 Å². The summed E-state index contributed by atoms with van der Waals surface area (Å²) in [6.07, 6.45) is 1.72. The van der Waals surface area contributed by atoms with Crippen LogP contribution in [-0.2, 0) is 4.79 Å². The lowest BCUT2D eigenvalue weighted by Gasteiger charge is -2.04. The summed E-state index contributed by atoms with van der Waals surface area (Å²) in [7, 11) is 0. The van der Waals surface area contributed by atoms with Crippen molar-refractivity contribution in [1.29, 1.82) is 0 Å². The van der Waals surface area contributed by atoms with Crippen LogP contribution < -0.4 is 4.74 Å². The van der Waals surface area contributed by atoms with Gasteiger partial charge >= 0.3 is 5.97 Å². The normalized spacial score (nSPS) is 10.8. The minimum Gasteiger partial charge on any atom is -0.427 e. The molecule has 2 rings (SSSR count). The predicted octanol–water partition coefficient (Wildman–Crippen LogP) is 4.32. The quantitative estimate of drug-likeness (QED) is 0.479. The van der Waals surface area contributed by atoms with E-state index in [0.29, 0.717) is 10.8 Å². The van der Waals surface area contributed by atoms with Gasteiger partial charge in [-0.2, -0.15) is 0 Å². The maximum absolute atomic E-state index is 10.9. The second-order valence-corrected chi connectivity index (χ2v) is 4.73. The number of carbonyl (C=O) groups is 1. The van der Waals surface area contributed by atoms with E-state index in [1.165, 1.54) is 6.92 Å². The lowest BCUT2D eigenvalue weighted by atomic mass is 10.2. The lowest BCUT2D eigenvalue weighted by molar-refractivity contribution is -0.131. The molecule has 0 atom stereocenters. The van der Waals surface area contributed by atoms with E-state index < -0.39 is 0 Å². The second-order valence-electron chi connectivity index (χ2n) is 4.32. The molecule has 0 aromatic heterocycles. The number of rotatable bonds is 3. The van der Waals surface area contributed by atoms with Gasteiger partial charge in [0.2, 0.25) is 0 Å². The smallest absolute Gasteiger partial charge is 0.308 e. The number of esters is 1. The SMILES string of the molecule is CC(=O)Oc1ccc(N=Cc2ccccc2Cl)c(C)c1. The van der Waals surface area contributed by atoms with Gasteiger partial charge in [-0.05, 0) is 36.8 Å². The van der Waals surface area contributed by atoms with Crippen LogP contribution in [0, 0.1) is 6.92 Å². The molecule has 20 heavy (non-hydrogen) atoms. The maximum Gasteiger partial charge on any atom is 0.308 e. The van der Waals surface area contributed by atoms with E-state index in [4.69, 9.17) is 16.3 Å². The minimum absolute atomic E-state index is 0.336. The Kier molecular flexibility index (Phi) is 4.53. The summed E-state index contributed by atoms with van der Waals surface area (Å²) < 4.78 is 5.02. The molecule has 0 heterocycles. The van der Waals surface area contributed by atoms with Gasteiger partial charge in [0.15, 0.2) is 0 Å². The Morgan fingerprint density at radius 2 is 2.00 bits per heavy atom. The zero-order valence-corrected chi connectivity index (χ0v) is 12.0. The molecule has 0 aliphatic rings. The number of aliphatic imine (C=N–C) groups is 1. The fourth-order valence-electron chi connectivity index (χ4n) is 1.72. The molecule has 102 valence electrons. The zero-order valence-electron chi connectivity index (χ0n) is 11.3. The van der Waals surface area contributed by atoms with E-state index in [1.807, 2.05) is 31.2 Å². The van der Waals surface area contributed by atoms with Crippen molar-refractivity contribution in [1.82, 2.24) is 0 Å². The molecular weight excluding hydrogens is 274 g/mol. The van der Waals surface area contributed by atoms with E-state index in [-0.39, 0.29) is 5.97 Å². The molecule has 2 aromatic carbocycles. The molecule has 4 heteroatoms. The average Bonchev–Trinajstić information content (AvgIpc) is 2.39. The molecule has 0 radical (unpaired) electrons. The number of carbonyl (C=O) groups excluding carboxylic acids is 1. The molecule has 0 amide bonds. The molecule has 0 saturated carbocycles. The van der Waals surface area contributed by atoms with Crippen molar-refractivity contribution in [2.24, 2.45) is 4.99 Å². The Hall–Kier alpha value is -2.13. The molecule has 2 aromatic rings. The number of benzene rings is 2. The first-order chi connectivity index (χ1) is 9.56. The number of halogens is 1. The average molecular weight is 288 g/mol. The third-order valence-corrected chi connectivity index (χ3v) is 3.02. The van der Waals surface area contributed by atoms with Crippen LogP contribution in [0.2, 0.25) is 5.02 Å². The van der Waals surface area contributed by atoms with Crippen LogP contribution >= 0.6 is 11.6 Å². The Morgan fingerprint density at radius 1 is 1.25 bits per heavy atom. The van der Waals surface area contributed by atoms with Crippen LogP contribution in [0.5, 0.6) is 5.75 Å². The van der Waals surface area contributed by atoms with Crippen LogP contribution in [0.3, 0.4) is 0 Å². The highest BCUT2D eigenvalue weighted by atomic mass is 35.5. The van der Waals surface area contributed by atoms with Crippen LogP contribution in [0.1, 0.15) is 18.1 Å². The predicted molar refractivity (Wildman–Crippen MR) is 81.2 cm³/mol. The Labute approximate surface area is 122 Å². The third kappa shape index (κ3) is 3.68. The summed E-state index contributed by atoms with van der Waals surface area (Å²) in [6, 6.07) is 12.8. The van der Waals surface area contributed by atoms with E-state index in [9.17, 15) is 4.79 Å². The van der Waals surface area contributed by atoms with Gasteiger partial charge < -0.3 is 4.74 Å². The molecule has 0 aliphatic heterocycles. The summed E-state index contributed by atoms with van der Waals surface area (Å²) in [4.78, 5) is 15.3. The molecular formula is C16H14ClNO2. The molecule has 0 unspecified atom stereocenters. The number of hydrogen-bond donors (Lipinski definition) is 0. The molecule has 0 fully saturated rings. The Balaban J connectivity index is 2.22. The fourth-order valence-corrected chi connectivity index (χ4v) is 1.91. The summed E-state index contributed by atoms with van der Waals surface area (Å²) in [5.74, 6) is 0.184. The van der Waals surface area contributed by atoms with Crippen molar-refractivity contribution in [2.75, 3.05) is 0 Å². The molecule has 3 nitrogen and oxygen atoms in total. The molecule has 0 spiro atoms. The van der Waals surface area contributed by atoms with E-state index in [0.717, 1.165) is 16.8 Å². The van der Waals surface area contributed by atoms with Crippen molar-refractivity contribution in [3.63, 3.8) is 0 Å². The first-order valence-corrected chi connectivity index (χ1v) is 6.52. The lowest BCUT2D eigenvalue weighted by Crippen LogP contribution is -2.01. The van der Waals surface area contributed by atoms with Crippen molar-refractivity contribution >= 4 is 29.5 Å². The van der Waals surface area contributed by atoms with Crippen LogP contribution in [0.4, 0.5) is 5.69 Å². The van der Waals surface area contributed by atoms with Gasteiger partial charge in [0.05, 0.1) is 5.69 Å². The van der Waals surface area contributed by atoms with Gasteiger partial charge in [0.1, 0.15) is 5.75 Å². The topological polar surface area (TPSA) is 38.7 Å². The van der Waals surface area contributed by atoms with Crippen LogP contribution in [-0.4, -0.2) is 12.2 Å². The highest BCUT2D eigenvalue weighted by molar-refractivity contribution is 6.33. The monoisotopic (exact) mass is 287 g/mol. The highest BCUT2D eigenvalue weighted by Gasteiger charge is 2.02. The van der Waals surface area contributed by atoms with Gasteiger partial charge in [0, 0.05) is 23.7 Å². The zero-order chi connectivity index (χ0) is 14.5. The van der Waals surface area contributed by atoms with Crippen molar-refractivity contribution < 1.29 is 9.53 Å². The largest absolute Gasteiger partial charge is 0.427 e. The standard InChI is InChI=1S/C16H14ClNO2/c1-11-9-14(20-12(2)19)7-8-16(11)18-10-13-5-3-4-6-15(13)17/h3-10H,1-2H3. The molecule has 0 bridgehead atoms. The second kappa shape index (κ2) is 6.35. The van der Waals surface area contributed by atoms with E-state index >= 15 is 0 Å². The van der Waals surface area contributed by atoms with Crippen molar-refractivity contribution in [3.05, 3.63) is 58.6 Å². The van der Waals surface area contributed by atoms with Crippen molar-refractivity contribution in [2.45, 2.75) is 13.8 Å². The number of nitrogens with zero attached hydrogens (tertiary/aromatic N) is 1. The van der Waals surface area contributed by atoms with Gasteiger partial charge in [0.25, 0.3) is 0 Å². The first-order valence-electron chi connectivity index (χ1n) is 6.14. The number of hydrogen-bond acceptors (Lipinski definition) is 3. The van der Waals surface area contributed by atoms with Gasteiger partial charge in [-0.1, -0.05) is 29.8 Å². The molecule has 0 aliphatic carbocycles. The van der Waals surface area contributed by atoms with Gasteiger partial charge in [-0.15, -0.1) is 0 Å². The van der Waals surface area contributed by atoms with Gasteiger partial charge in [-0.25, -0.2) is 0 Å². The van der Waals surface area contributed by atoms with E-state index in [1.54, 1.807) is 24.4 Å². The summed E-state index contributed by atoms with van der Waals surface area (Å²) in [6.45, 7) is 3.28. The first kappa shape index (κ1) is 14.3. The highest BCUT2D eigenvalue weighted by Crippen LogP contribution is 2.24. The Morgan fingerprint density at radius 3 is 2.65 bits per heavy atom. The number of aryl methyl sites for hydroxylation is 1. The van der Waals surface area contributed by atoms with Crippen LogP contribution in [0.15, 0.2) is 47.5 Å². The molecule has 0 saturated heterocycles. The fraction of sp³-hybridized carbons (Fsp3) is 0.125. The minimum atomic E-state index is -0.336. The van der Waals surface area contributed by atoms with E-state index in [2.05, 4.69) is 4.99 Å². The van der Waals surface area contributed by atoms with Gasteiger partial charge in [-0.3, -0.25) is 9.79 Å². The third-order valence-electron chi connectivity index (χ3n) is 2.68. The number of ether oxygens (including phenoxy) is 1. The summed E-state index contributed by atoms with van der Waals surface area (Å²) >= 11 is 6.06. The molecule has 0 N–H and O–H groups in total. The van der Waals surface area contributed by atoms with Crippen LogP contribution in [0.25, 0.3) is 0 Å². The summed E-state index contributed by atoms with van der Waals surface area (Å²) in [5, 5.41) is 0.658.